The average molecular weight is 156 g/mol. The molecule has 0 bridgehead atoms. The Morgan fingerprint density at radius 2 is 2.36 bits per heavy atom. The summed E-state index contributed by atoms with van der Waals surface area (Å²) in [6.07, 6.45) is 0. The van der Waals surface area contributed by atoms with Crippen molar-refractivity contribution in [3.63, 3.8) is 0 Å². The molecule has 0 aromatic rings. The van der Waals surface area contributed by atoms with Crippen molar-refractivity contribution < 1.29 is 9.90 Å². The Morgan fingerprint density at radius 1 is 1.73 bits per heavy atom. The number of aliphatic imine (C=N–C) groups is 1. The standard InChI is InChI=1S/C7H12N2O2/c1-5(2)9-6(4-10)8-3-7(9)11/h5,10H,3-4H2,1-2H3. The van der Waals surface area contributed by atoms with E-state index in [2.05, 4.69) is 4.99 Å². The highest BCUT2D eigenvalue weighted by Crippen LogP contribution is 2.07. The summed E-state index contributed by atoms with van der Waals surface area (Å²) in [4.78, 5) is 16.5. The first-order valence-corrected chi connectivity index (χ1v) is 3.63. The van der Waals surface area contributed by atoms with Gasteiger partial charge < -0.3 is 5.11 Å². The van der Waals surface area contributed by atoms with E-state index in [9.17, 15) is 4.79 Å². The summed E-state index contributed by atoms with van der Waals surface area (Å²) in [5.74, 6) is 0.467. The van der Waals surface area contributed by atoms with E-state index < -0.39 is 0 Å². The third-order valence-electron chi connectivity index (χ3n) is 1.60. The van der Waals surface area contributed by atoms with Gasteiger partial charge >= 0.3 is 0 Å². The van der Waals surface area contributed by atoms with Gasteiger partial charge in [-0.1, -0.05) is 0 Å². The molecule has 1 rings (SSSR count). The number of aliphatic hydroxyl groups is 1. The van der Waals surface area contributed by atoms with E-state index in [0.717, 1.165) is 0 Å². The predicted molar refractivity (Wildman–Crippen MR) is 41.4 cm³/mol. The second-order valence-corrected chi connectivity index (χ2v) is 2.75. The minimum absolute atomic E-state index is 0.0240. The van der Waals surface area contributed by atoms with E-state index in [1.54, 1.807) is 0 Å². The smallest absolute Gasteiger partial charge is 0.249 e. The maximum absolute atomic E-state index is 11.1. The maximum atomic E-state index is 11.1. The van der Waals surface area contributed by atoms with Crippen molar-refractivity contribution in [1.82, 2.24) is 4.90 Å². The molecule has 11 heavy (non-hydrogen) atoms. The van der Waals surface area contributed by atoms with Gasteiger partial charge in [-0.3, -0.25) is 14.7 Å². The zero-order valence-corrected chi connectivity index (χ0v) is 6.74. The Hall–Kier alpha value is -0.900. The van der Waals surface area contributed by atoms with Crippen LogP contribution in [0.15, 0.2) is 4.99 Å². The summed E-state index contributed by atoms with van der Waals surface area (Å²) >= 11 is 0. The predicted octanol–water partition coefficient (Wildman–Crippen LogP) is -0.372. The van der Waals surface area contributed by atoms with Crippen molar-refractivity contribution in [2.45, 2.75) is 19.9 Å². The van der Waals surface area contributed by atoms with Crippen molar-refractivity contribution in [3.8, 4) is 0 Å². The molecule has 0 fully saturated rings. The molecule has 0 aromatic heterocycles. The van der Waals surface area contributed by atoms with Crippen LogP contribution >= 0.6 is 0 Å². The minimum atomic E-state index is -0.149. The summed E-state index contributed by atoms with van der Waals surface area (Å²) in [5, 5.41) is 8.78. The van der Waals surface area contributed by atoms with Gasteiger partial charge in [-0.15, -0.1) is 0 Å². The van der Waals surface area contributed by atoms with Crippen LogP contribution in [0.3, 0.4) is 0 Å². The molecule has 1 amide bonds. The molecule has 4 nitrogen and oxygen atoms in total. The van der Waals surface area contributed by atoms with E-state index in [4.69, 9.17) is 5.11 Å². The number of carbonyl (C=O) groups excluding carboxylic acids is 1. The van der Waals surface area contributed by atoms with E-state index in [0.29, 0.717) is 5.84 Å². The Morgan fingerprint density at radius 3 is 2.73 bits per heavy atom. The molecule has 1 aliphatic heterocycles. The zero-order chi connectivity index (χ0) is 8.43. The Kier molecular flexibility index (Phi) is 2.24. The van der Waals surface area contributed by atoms with Gasteiger partial charge in [0.15, 0.2) is 0 Å². The van der Waals surface area contributed by atoms with Crippen LogP contribution < -0.4 is 0 Å². The van der Waals surface area contributed by atoms with Crippen molar-refractivity contribution in [2.75, 3.05) is 13.2 Å². The van der Waals surface area contributed by atoms with Gasteiger partial charge in [0, 0.05) is 6.04 Å². The number of hydrogen-bond donors (Lipinski definition) is 1. The van der Waals surface area contributed by atoms with Crippen LogP contribution in [0.4, 0.5) is 0 Å². The topological polar surface area (TPSA) is 52.9 Å². The highest BCUT2D eigenvalue weighted by atomic mass is 16.3. The Labute approximate surface area is 65.5 Å². The molecule has 1 aliphatic rings. The fraction of sp³-hybridized carbons (Fsp3) is 0.714. The van der Waals surface area contributed by atoms with Crippen LogP contribution in [0.1, 0.15) is 13.8 Å². The monoisotopic (exact) mass is 156 g/mol. The molecule has 0 atom stereocenters. The number of nitrogens with zero attached hydrogens (tertiary/aromatic N) is 2. The van der Waals surface area contributed by atoms with Gasteiger partial charge in [0.2, 0.25) is 5.91 Å². The number of amides is 1. The average Bonchev–Trinajstić information content (AvgIpc) is 2.30. The largest absolute Gasteiger partial charge is 0.388 e. The third kappa shape index (κ3) is 1.40. The first-order chi connectivity index (χ1) is 5.16. The van der Waals surface area contributed by atoms with Crippen LogP contribution in [0.25, 0.3) is 0 Å². The molecule has 4 heteroatoms. The molecule has 62 valence electrons. The van der Waals surface area contributed by atoms with Crippen LogP contribution in [0.5, 0.6) is 0 Å². The summed E-state index contributed by atoms with van der Waals surface area (Å²) in [5.41, 5.74) is 0. The SMILES string of the molecule is CC(C)N1C(=O)CN=C1CO. The van der Waals surface area contributed by atoms with Gasteiger partial charge in [0.25, 0.3) is 0 Å². The molecule has 0 spiro atoms. The molecule has 0 radical (unpaired) electrons. The fourth-order valence-electron chi connectivity index (χ4n) is 1.17. The maximum Gasteiger partial charge on any atom is 0.249 e. The number of hydrogen-bond acceptors (Lipinski definition) is 3. The van der Waals surface area contributed by atoms with Crippen LogP contribution in [-0.4, -0.2) is 40.9 Å². The van der Waals surface area contributed by atoms with Crippen LogP contribution in [-0.2, 0) is 4.79 Å². The summed E-state index contributed by atoms with van der Waals surface area (Å²) < 4.78 is 0. The fourth-order valence-corrected chi connectivity index (χ4v) is 1.17. The molecule has 0 unspecified atom stereocenters. The lowest BCUT2D eigenvalue weighted by Gasteiger charge is -2.21. The summed E-state index contributed by atoms with van der Waals surface area (Å²) in [6.45, 7) is 3.83. The lowest BCUT2D eigenvalue weighted by molar-refractivity contribution is -0.126. The molecule has 1 N–H and O–H groups in total. The zero-order valence-electron chi connectivity index (χ0n) is 6.74. The summed E-state index contributed by atoms with van der Waals surface area (Å²) in [7, 11) is 0. The van der Waals surface area contributed by atoms with E-state index in [1.807, 2.05) is 13.8 Å². The van der Waals surface area contributed by atoms with Crippen molar-refractivity contribution in [3.05, 3.63) is 0 Å². The van der Waals surface area contributed by atoms with Gasteiger partial charge in [-0.05, 0) is 13.8 Å². The Balaban J connectivity index is 2.74. The number of amidine groups is 1. The van der Waals surface area contributed by atoms with Gasteiger partial charge in [0.1, 0.15) is 19.0 Å². The summed E-state index contributed by atoms with van der Waals surface area (Å²) in [6, 6.07) is 0.0934. The van der Waals surface area contributed by atoms with Crippen LogP contribution in [0.2, 0.25) is 0 Å². The molecular formula is C7H12N2O2. The second kappa shape index (κ2) is 3.00. The molecule has 0 aromatic carbocycles. The number of rotatable bonds is 2. The van der Waals surface area contributed by atoms with Crippen molar-refractivity contribution in [1.29, 1.82) is 0 Å². The lowest BCUT2D eigenvalue weighted by Crippen LogP contribution is -2.39. The quantitative estimate of drug-likeness (QED) is 0.593. The highest BCUT2D eigenvalue weighted by molar-refractivity contribution is 6.04. The third-order valence-corrected chi connectivity index (χ3v) is 1.60. The number of carbonyl (C=O) groups is 1. The van der Waals surface area contributed by atoms with Gasteiger partial charge in [-0.25, -0.2) is 0 Å². The van der Waals surface area contributed by atoms with Crippen molar-refractivity contribution >= 4 is 11.7 Å². The molecular weight excluding hydrogens is 144 g/mol. The lowest BCUT2D eigenvalue weighted by atomic mass is 10.3. The minimum Gasteiger partial charge on any atom is -0.388 e. The normalized spacial score (nSPS) is 18.0. The molecule has 0 saturated heterocycles. The number of aliphatic hydroxyl groups excluding tert-OH is 1. The van der Waals surface area contributed by atoms with Crippen molar-refractivity contribution in [2.24, 2.45) is 4.99 Å². The van der Waals surface area contributed by atoms with E-state index in [-0.39, 0.29) is 25.1 Å². The molecule has 0 aliphatic carbocycles. The van der Waals surface area contributed by atoms with Crippen LogP contribution in [0, 0.1) is 0 Å². The molecule has 0 saturated carbocycles. The highest BCUT2D eigenvalue weighted by Gasteiger charge is 2.26. The van der Waals surface area contributed by atoms with Gasteiger partial charge in [0.05, 0.1) is 0 Å². The molecule has 1 heterocycles. The van der Waals surface area contributed by atoms with E-state index >= 15 is 0 Å². The first kappa shape index (κ1) is 8.20. The Bertz CT molecular complexity index is 199. The first-order valence-electron chi connectivity index (χ1n) is 3.63. The van der Waals surface area contributed by atoms with E-state index in [1.165, 1.54) is 4.90 Å². The van der Waals surface area contributed by atoms with Gasteiger partial charge in [-0.2, -0.15) is 0 Å². The second-order valence-electron chi connectivity index (χ2n) is 2.75.